The summed E-state index contributed by atoms with van der Waals surface area (Å²) < 4.78 is 7.61. The third-order valence-electron chi connectivity index (χ3n) is 2.25. The molecule has 1 aromatic rings. The van der Waals surface area contributed by atoms with Crippen molar-refractivity contribution >= 4 is 0 Å². The molecule has 3 heteroatoms. The van der Waals surface area contributed by atoms with Crippen molar-refractivity contribution in [1.82, 2.24) is 4.57 Å². The summed E-state index contributed by atoms with van der Waals surface area (Å²) in [6, 6.07) is 3.96. The maximum Gasteiger partial charge on any atom is 0.133 e. The summed E-state index contributed by atoms with van der Waals surface area (Å²) in [7, 11) is 0. The smallest absolute Gasteiger partial charge is 0.133 e. The Morgan fingerprint density at radius 3 is 2.67 bits per heavy atom. The van der Waals surface area contributed by atoms with Crippen LogP contribution >= 0.6 is 0 Å². The Hall–Kier alpha value is -0.800. The SMILES string of the molecule is OC[C@@H]1CC[C@@H](n2cccc2)O1. The predicted octanol–water partition coefficient (Wildman–Crippen LogP) is 1.16. The van der Waals surface area contributed by atoms with E-state index in [1.165, 1.54) is 0 Å². The second-order valence-electron chi connectivity index (χ2n) is 3.10. The van der Waals surface area contributed by atoms with Crippen LogP contribution in [0.2, 0.25) is 0 Å². The van der Waals surface area contributed by atoms with E-state index >= 15 is 0 Å². The van der Waals surface area contributed by atoms with Crippen LogP contribution in [0.5, 0.6) is 0 Å². The topological polar surface area (TPSA) is 34.4 Å². The Morgan fingerprint density at radius 2 is 2.08 bits per heavy atom. The maximum absolute atomic E-state index is 8.85. The van der Waals surface area contributed by atoms with Crippen molar-refractivity contribution in [3.63, 3.8) is 0 Å². The molecule has 0 saturated carbocycles. The monoisotopic (exact) mass is 167 g/mol. The molecule has 1 aliphatic heterocycles. The molecule has 1 N–H and O–H groups in total. The predicted molar refractivity (Wildman–Crippen MR) is 44.7 cm³/mol. The zero-order chi connectivity index (χ0) is 8.39. The van der Waals surface area contributed by atoms with E-state index in [9.17, 15) is 0 Å². The first-order valence-corrected chi connectivity index (χ1v) is 4.29. The molecule has 66 valence electrons. The zero-order valence-electron chi connectivity index (χ0n) is 6.89. The van der Waals surface area contributed by atoms with Crippen LogP contribution in [0.3, 0.4) is 0 Å². The number of aliphatic hydroxyl groups excluding tert-OH is 1. The van der Waals surface area contributed by atoms with E-state index in [4.69, 9.17) is 9.84 Å². The van der Waals surface area contributed by atoms with Gasteiger partial charge in [-0.25, -0.2) is 0 Å². The second-order valence-corrected chi connectivity index (χ2v) is 3.10. The molecule has 0 radical (unpaired) electrons. The quantitative estimate of drug-likeness (QED) is 0.717. The van der Waals surface area contributed by atoms with Crippen molar-refractivity contribution in [3.8, 4) is 0 Å². The second kappa shape index (κ2) is 3.29. The molecule has 0 unspecified atom stereocenters. The van der Waals surface area contributed by atoms with Gasteiger partial charge in [0.1, 0.15) is 6.23 Å². The lowest BCUT2D eigenvalue weighted by molar-refractivity contribution is -0.0221. The van der Waals surface area contributed by atoms with Gasteiger partial charge in [-0.15, -0.1) is 0 Å². The molecular formula is C9H13NO2. The first kappa shape index (κ1) is 7.83. The largest absolute Gasteiger partial charge is 0.394 e. The fourth-order valence-corrected chi connectivity index (χ4v) is 1.58. The van der Waals surface area contributed by atoms with Gasteiger partial charge in [0.25, 0.3) is 0 Å². The highest BCUT2D eigenvalue weighted by atomic mass is 16.5. The molecule has 1 aliphatic rings. The molecule has 0 bridgehead atoms. The van der Waals surface area contributed by atoms with Crippen molar-refractivity contribution in [3.05, 3.63) is 24.5 Å². The Balaban J connectivity index is 2.00. The summed E-state index contributed by atoms with van der Waals surface area (Å²) in [5, 5.41) is 8.85. The van der Waals surface area contributed by atoms with Crippen molar-refractivity contribution in [2.75, 3.05) is 6.61 Å². The molecule has 2 atom stereocenters. The normalized spacial score (nSPS) is 29.4. The van der Waals surface area contributed by atoms with Crippen molar-refractivity contribution in [2.45, 2.75) is 25.2 Å². The lowest BCUT2D eigenvalue weighted by Crippen LogP contribution is -2.13. The first-order valence-electron chi connectivity index (χ1n) is 4.29. The molecule has 2 heterocycles. The zero-order valence-corrected chi connectivity index (χ0v) is 6.89. The van der Waals surface area contributed by atoms with Crippen molar-refractivity contribution < 1.29 is 9.84 Å². The van der Waals surface area contributed by atoms with Crippen LogP contribution in [0, 0.1) is 0 Å². The van der Waals surface area contributed by atoms with Crippen LogP contribution in [0.4, 0.5) is 0 Å². The van der Waals surface area contributed by atoms with E-state index in [2.05, 4.69) is 0 Å². The van der Waals surface area contributed by atoms with E-state index in [1.807, 2.05) is 29.1 Å². The minimum atomic E-state index is 0.0393. The fourth-order valence-electron chi connectivity index (χ4n) is 1.58. The Bertz CT molecular complexity index is 233. The van der Waals surface area contributed by atoms with E-state index in [-0.39, 0.29) is 18.9 Å². The average molecular weight is 167 g/mol. The summed E-state index contributed by atoms with van der Waals surface area (Å²) in [6.45, 7) is 0.137. The molecule has 2 rings (SSSR count). The van der Waals surface area contributed by atoms with Crippen LogP contribution < -0.4 is 0 Å². The minimum absolute atomic E-state index is 0.0393. The first-order chi connectivity index (χ1) is 5.90. The van der Waals surface area contributed by atoms with Crippen molar-refractivity contribution in [2.24, 2.45) is 0 Å². The summed E-state index contributed by atoms with van der Waals surface area (Å²) in [5.74, 6) is 0. The van der Waals surface area contributed by atoms with Crippen LogP contribution in [0.25, 0.3) is 0 Å². The Labute approximate surface area is 71.6 Å². The summed E-state index contributed by atoms with van der Waals surface area (Å²) in [6.07, 6.45) is 6.11. The van der Waals surface area contributed by atoms with Gasteiger partial charge in [-0.2, -0.15) is 0 Å². The number of nitrogens with zero attached hydrogens (tertiary/aromatic N) is 1. The summed E-state index contributed by atoms with van der Waals surface area (Å²) >= 11 is 0. The molecule has 0 spiro atoms. The highest BCUT2D eigenvalue weighted by Crippen LogP contribution is 2.27. The number of hydrogen-bond acceptors (Lipinski definition) is 2. The van der Waals surface area contributed by atoms with Crippen LogP contribution in [-0.4, -0.2) is 22.4 Å². The number of aromatic nitrogens is 1. The third kappa shape index (κ3) is 1.38. The highest BCUT2D eigenvalue weighted by Gasteiger charge is 2.24. The molecule has 3 nitrogen and oxygen atoms in total. The van der Waals surface area contributed by atoms with E-state index < -0.39 is 0 Å². The van der Waals surface area contributed by atoms with Crippen LogP contribution in [0.1, 0.15) is 19.1 Å². The van der Waals surface area contributed by atoms with Gasteiger partial charge in [-0.05, 0) is 25.0 Å². The van der Waals surface area contributed by atoms with Gasteiger partial charge in [0.2, 0.25) is 0 Å². The molecule has 0 amide bonds. The average Bonchev–Trinajstić information content (AvgIpc) is 2.75. The molecule has 12 heavy (non-hydrogen) atoms. The molecule has 0 aliphatic carbocycles. The summed E-state index contributed by atoms with van der Waals surface area (Å²) in [4.78, 5) is 0. The van der Waals surface area contributed by atoms with E-state index in [1.54, 1.807) is 0 Å². The van der Waals surface area contributed by atoms with Gasteiger partial charge in [0.05, 0.1) is 12.7 Å². The Kier molecular flexibility index (Phi) is 2.15. The van der Waals surface area contributed by atoms with Gasteiger partial charge in [0.15, 0.2) is 0 Å². The number of hydrogen-bond donors (Lipinski definition) is 1. The number of ether oxygens (including phenoxy) is 1. The number of aliphatic hydroxyl groups is 1. The van der Waals surface area contributed by atoms with Gasteiger partial charge in [-0.3, -0.25) is 0 Å². The van der Waals surface area contributed by atoms with Gasteiger partial charge in [-0.1, -0.05) is 0 Å². The molecule has 1 aromatic heterocycles. The minimum Gasteiger partial charge on any atom is -0.394 e. The van der Waals surface area contributed by atoms with Gasteiger partial charge in [0, 0.05) is 12.4 Å². The van der Waals surface area contributed by atoms with E-state index in [0.29, 0.717) is 0 Å². The molecule has 1 saturated heterocycles. The molecular weight excluding hydrogens is 154 g/mol. The van der Waals surface area contributed by atoms with E-state index in [0.717, 1.165) is 12.8 Å². The van der Waals surface area contributed by atoms with Crippen LogP contribution in [0.15, 0.2) is 24.5 Å². The fraction of sp³-hybridized carbons (Fsp3) is 0.556. The Morgan fingerprint density at radius 1 is 1.33 bits per heavy atom. The lowest BCUT2D eigenvalue weighted by Gasteiger charge is -2.13. The van der Waals surface area contributed by atoms with Crippen LogP contribution in [-0.2, 0) is 4.74 Å². The van der Waals surface area contributed by atoms with Gasteiger partial charge < -0.3 is 14.4 Å². The highest BCUT2D eigenvalue weighted by molar-refractivity contribution is 4.92. The number of rotatable bonds is 2. The summed E-state index contributed by atoms with van der Waals surface area (Å²) in [5.41, 5.74) is 0. The standard InChI is InChI=1S/C9H13NO2/c11-7-8-3-4-9(12-8)10-5-1-2-6-10/h1-2,5-6,8-9,11H,3-4,7H2/t8-,9-/m0/s1. The molecule has 0 aromatic carbocycles. The molecule has 1 fully saturated rings. The van der Waals surface area contributed by atoms with Gasteiger partial charge >= 0.3 is 0 Å². The third-order valence-corrected chi connectivity index (χ3v) is 2.25. The van der Waals surface area contributed by atoms with Crippen molar-refractivity contribution in [1.29, 1.82) is 0 Å². The maximum atomic E-state index is 8.85. The lowest BCUT2D eigenvalue weighted by atomic mass is 10.2.